The molecule has 0 aliphatic rings. The second kappa shape index (κ2) is 11.4. The van der Waals surface area contributed by atoms with Crippen LogP contribution in [0.1, 0.15) is 25.6 Å². The van der Waals surface area contributed by atoms with E-state index in [2.05, 4.69) is 40.0 Å². The van der Waals surface area contributed by atoms with E-state index in [0.717, 1.165) is 16.7 Å². The highest BCUT2D eigenvalue weighted by Gasteiger charge is 2.20. The lowest BCUT2D eigenvalue weighted by Gasteiger charge is -2.10. The molecular formula is C26H24N4O5S2. The number of amides is 1. The minimum absolute atomic E-state index is 0.0379. The summed E-state index contributed by atoms with van der Waals surface area (Å²) < 4.78 is 11.3. The second-order valence-electron chi connectivity index (χ2n) is 7.93. The predicted molar refractivity (Wildman–Crippen MR) is 143 cm³/mol. The number of thioether (sulfide) groups is 1. The molecular weight excluding hydrogens is 512 g/mol. The van der Waals surface area contributed by atoms with Gasteiger partial charge in [0.25, 0.3) is 0 Å². The minimum atomic E-state index is -0.638. The highest BCUT2D eigenvalue weighted by Crippen LogP contribution is 2.38. The molecule has 0 atom stereocenters. The summed E-state index contributed by atoms with van der Waals surface area (Å²) in [6.45, 7) is 2.08. The fourth-order valence-corrected chi connectivity index (χ4v) is 5.33. The fraction of sp³-hybridized carbons (Fsp3) is 0.192. The van der Waals surface area contributed by atoms with E-state index in [9.17, 15) is 14.4 Å². The summed E-state index contributed by atoms with van der Waals surface area (Å²) in [5.74, 6) is -0.874. The minimum Gasteiger partial charge on any atom is -0.465 e. The van der Waals surface area contributed by atoms with Gasteiger partial charge in [0.05, 0.1) is 31.1 Å². The Hall–Kier alpha value is -3.96. The molecule has 0 bridgehead atoms. The zero-order valence-corrected chi connectivity index (χ0v) is 22.2. The largest absolute Gasteiger partial charge is 0.465 e. The van der Waals surface area contributed by atoms with Crippen LogP contribution in [0.5, 0.6) is 0 Å². The molecule has 0 fully saturated rings. The lowest BCUT2D eigenvalue weighted by atomic mass is 10.0. The lowest BCUT2D eigenvalue weighted by Crippen LogP contribution is -2.16. The number of ether oxygens (including phenoxy) is 2. The maximum Gasteiger partial charge on any atom is 0.337 e. The normalized spacial score (nSPS) is 10.7. The zero-order chi connectivity index (χ0) is 26.5. The van der Waals surface area contributed by atoms with Crippen LogP contribution in [0.25, 0.3) is 22.5 Å². The van der Waals surface area contributed by atoms with Gasteiger partial charge in [-0.15, -0.1) is 21.5 Å². The Morgan fingerprint density at radius 2 is 1.65 bits per heavy atom. The van der Waals surface area contributed by atoms with Gasteiger partial charge in [-0.25, -0.2) is 9.59 Å². The van der Waals surface area contributed by atoms with Crippen LogP contribution in [0.2, 0.25) is 0 Å². The van der Waals surface area contributed by atoms with Gasteiger partial charge in [0.15, 0.2) is 11.0 Å². The Kier molecular flexibility index (Phi) is 8.04. The average molecular weight is 537 g/mol. The quantitative estimate of drug-likeness (QED) is 0.252. The molecule has 1 N–H and O–H groups in total. The standard InChI is InChI=1S/C26H24N4O5S2/c1-15-22(16-8-6-5-7-9-16)20(13-36-15)23-28-29-26(30(23)2)37-14-21(31)27-19-11-17(24(32)34-3)10-18(12-19)25(33)35-4/h5-13H,14H2,1-4H3,(H,27,31). The molecule has 4 aromatic rings. The number of hydrogen-bond donors (Lipinski definition) is 1. The first kappa shape index (κ1) is 26.1. The third-order valence-electron chi connectivity index (χ3n) is 5.50. The van der Waals surface area contributed by atoms with E-state index in [-0.39, 0.29) is 28.5 Å². The summed E-state index contributed by atoms with van der Waals surface area (Å²) in [5, 5.41) is 14.0. The van der Waals surface area contributed by atoms with Crippen molar-refractivity contribution in [3.63, 3.8) is 0 Å². The maximum atomic E-state index is 12.7. The molecule has 37 heavy (non-hydrogen) atoms. The Morgan fingerprint density at radius 3 is 2.27 bits per heavy atom. The number of esters is 2. The molecule has 0 unspecified atom stereocenters. The molecule has 2 heterocycles. The van der Waals surface area contributed by atoms with E-state index in [1.54, 1.807) is 11.3 Å². The first-order valence-corrected chi connectivity index (χ1v) is 13.0. The van der Waals surface area contributed by atoms with Crippen molar-refractivity contribution in [2.24, 2.45) is 7.05 Å². The number of anilines is 1. The average Bonchev–Trinajstić information content (AvgIpc) is 3.48. The van der Waals surface area contributed by atoms with E-state index >= 15 is 0 Å². The molecule has 190 valence electrons. The molecule has 4 rings (SSSR count). The van der Waals surface area contributed by atoms with Crippen molar-refractivity contribution >= 4 is 46.6 Å². The van der Waals surface area contributed by atoms with E-state index < -0.39 is 11.9 Å². The molecule has 2 aromatic heterocycles. The van der Waals surface area contributed by atoms with Crippen molar-refractivity contribution < 1.29 is 23.9 Å². The first-order valence-electron chi connectivity index (χ1n) is 11.1. The smallest absolute Gasteiger partial charge is 0.337 e. The van der Waals surface area contributed by atoms with Crippen LogP contribution in [0.3, 0.4) is 0 Å². The number of thiophene rings is 1. The van der Waals surface area contributed by atoms with Gasteiger partial charge in [-0.2, -0.15) is 0 Å². The number of carbonyl (C=O) groups is 3. The van der Waals surface area contributed by atoms with Gasteiger partial charge >= 0.3 is 11.9 Å². The Balaban J connectivity index is 1.50. The number of benzene rings is 2. The number of aryl methyl sites for hydroxylation is 1. The lowest BCUT2D eigenvalue weighted by molar-refractivity contribution is -0.113. The number of carbonyl (C=O) groups excluding carboxylic acids is 3. The van der Waals surface area contributed by atoms with Crippen LogP contribution in [0.15, 0.2) is 59.1 Å². The number of methoxy groups -OCH3 is 2. The monoisotopic (exact) mass is 536 g/mol. The molecule has 0 spiro atoms. The molecule has 0 aliphatic carbocycles. The van der Waals surface area contributed by atoms with Crippen molar-refractivity contribution in [3.05, 3.63) is 69.9 Å². The summed E-state index contributed by atoms with van der Waals surface area (Å²) in [6.07, 6.45) is 0. The van der Waals surface area contributed by atoms with Crippen molar-refractivity contribution in [2.75, 3.05) is 25.3 Å². The topological polar surface area (TPSA) is 112 Å². The molecule has 0 radical (unpaired) electrons. The Labute approximate surface area is 221 Å². The second-order valence-corrected chi connectivity index (χ2v) is 9.96. The highest BCUT2D eigenvalue weighted by atomic mass is 32.2. The van der Waals surface area contributed by atoms with E-state index in [1.165, 1.54) is 49.1 Å². The van der Waals surface area contributed by atoms with Crippen LogP contribution in [-0.4, -0.2) is 52.6 Å². The van der Waals surface area contributed by atoms with Gasteiger partial charge in [-0.1, -0.05) is 42.1 Å². The van der Waals surface area contributed by atoms with E-state index in [0.29, 0.717) is 11.0 Å². The number of hydrogen-bond acceptors (Lipinski definition) is 9. The third-order valence-corrected chi connectivity index (χ3v) is 7.44. The SMILES string of the molecule is COC(=O)c1cc(NC(=O)CSc2nnc(-c3csc(C)c3-c3ccccc3)n2C)cc(C(=O)OC)c1. The number of nitrogens with zero attached hydrogens (tertiary/aromatic N) is 3. The van der Waals surface area contributed by atoms with Crippen molar-refractivity contribution in [2.45, 2.75) is 12.1 Å². The molecule has 0 aliphatic heterocycles. The fourth-order valence-electron chi connectivity index (χ4n) is 3.76. The van der Waals surface area contributed by atoms with Crippen LogP contribution in [0, 0.1) is 6.92 Å². The van der Waals surface area contributed by atoms with Crippen molar-refractivity contribution in [3.8, 4) is 22.5 Å². The molecule has 2 aromatic carbocycles. The van der Waals surface area contributed by atoms with Crippen LogP contribution in [0.4, 0.5) is 5.69 Å². The predicted octanol–water partition coefficient (Wildman–Crippen LogP) is 4.82. The van der Waals surface area contributed by atoms with Gasteiger partial charge in [0.2, 0.25) is 5.91 Å². The number of rotatable bonds is 8. The molecule has 0 saturated heterocycles. The maximum absolute atomic E-state index is 12.7. The summed E-state index contributed by atoms with van der Waals surface area (Å²) in [6, 6.07) is 14.3. The van der Waals surface area contributed by atoms with Crippen LogP contribution >= 0.6 is 23.1 Å². The van der Waals surface area contributed by atoms with E-state index in [4.69, 9.17) is 9.47 Å². The number of aromatic nitrogens is 3. The van der Waals surface area contributed by atoms with Gasteiger partial charge in [0, 0.05) is 34.1 Å². The van der Waals surface area contributed by atoms with Gasteiger partial charge < -0.3 is 19.4 Å². The van der Waals surface area contributed by atoms with Crippen molar-refractivity contribution in [1.82, 2.24) is 14.8 Å². The third kappa shape index (κ3) is 5.73. The molecule has 9 nitrogen and oxygen atoms in total. The highest BCUT2D eigenvalue weighted by molar-refractivity contribution is 7.99. The Bertz CT molecular complexity index is 1430. The van der Waals surface area contributed by atoms with Gasteiger partial charge in [0.1, 0.15) is 0 Å². The number of nitrogens with one attached hydrogen (secondary N) is 1. The molecule has 1 amide bonds. The van der Waals surface area contributed by atoms with Gasteiger partial charge in [-0.3, -0.25) is 4.79 Å². The van der Waals surface area contributed by atoms with E-state index in [1.807, 2.05) is 29.8 Å². The van der Waals surface area contributed by atoms with Crippen molar-refractivity contribution in [1.29, 1.82) is 0 Å². The van der Waals surface area contributed by atoms with Crippen LogP contribution < -0.4 is 5.32 Å². The summed E-state index contributed by atoms with van der Waals surface area (Å²) >= 11 is 2.88. The zero-order valence-electron chi connectivity index (χ0n) is 20.6. The molecule has 11 heteroatoms. The Morgan fingerprint density at radius 1 is 1.00 bits per heavy atom. The summed E-state index contributed by atoms with van der Waals surface area (Å²) in [5.41, 5.74) is 3.71. The summed E-state index contributed by atoms with van der Waals surface area (Å²) in [7, 11) is 4.33. The van der Waals surface area contributed by atoms with Crippen LogP contribution in [-0.2, 0) is 21.3 Å². The molecule has 0 saturated carbocycles. The summed E-state index contributed by atoms with van der Waals surface area (Å²) in [4.78, 5) is 37.9. The first-order chi connectivity index (χ1) is 17.8. The van der Waals surface area contributed by atoms with Gasteiger partial charge in [-0.05, 0) is 30.7 Å².